The van der Waals surface area contributed by atoms with E-state index in [4.69, 9.17) is 5.14 Å². The molecule has 0 bridgehead atoms. The van der Waals surface area contributed by atoms with E-state index in [0.29, 0.717) is 22.8 Å². The molecule has 0 spiro atoms. The minimum Gasteiger partial charge on any atom is -0.366 e. The molecule has 1 saturated heterocycles. The van der Waals surface area contributed by atoms with Crippen molar-refractivity contribution in [3.05, 3.63) is 70.9 Å². The number of rotatable bonds is 5. The molecule has 0 radical (unpaired) electrons. The van der Waals surface area contributed by atoms with E-state index in [-0.39, 0.29) is 23.3 Å². The zero-order valence-electron chi connectivity index (χ0n) is 18.2. The number of imide groups is 1. The summed E-state index contributed by atoms with van der Waals surface area (Å²) in [5, 5.41) is 5.16. The number of carbonyl (C=O) groups excluding carboxylic acids is 2. The molecule has 1 atom stereocenters. The van der Waals surface area contributed by atoms with E-state index >= 15 is 0 Å². The first-order valence-corrected chi connectivity index (χ1v) is 12.2. The van der Waals surface area contributed by atoms with Crippen LogP contribution in [0.3, 0.4) is 0 Å². The number of amides is 2. The maximum Gasteiger partial charge on any atom is 0.278 e. The molecule has 1 unspecified atom stereocenters. The maximum absolute atomic E-state index is 13.5. The van der Waals surface area contributed by atoms with Crippen molar-refractivity contribution in [3.63, 3.8) is 0 Å². The van der Waals surface area contributed by atoms with Crippen LogP contribution in [0, 0.1) is 12.8 Å². The zero-order chi connectivity index (χ0) is 23.0. The van der Waals surface area contributed by atoms with Gasteiger partial charge in [0.25, 0.3) is 11.8 Å². The number of sulfonamides is 1. The number of nitrogens with two attached hydrogens (primary N) is 1. The SMILES string of the molecule is Cc1ccc(C2=C(N3CCCC(C)C3)C(=O)N(Cc3ccc(S(N)(=O)=O)cc3)C2=O)cc1. The molecule has 32 heavy (non-hydrogen) atoms. The van der Waals surface area contributed by atoms with E-state index in [9.17, 15) is 18.0 Å². The van der Waals surface area contributed by atoms with Crippen molar-refractivity contribution in [2.45, 2.75) is 38.1 Å². The van der Waals surface area contributed by atoms with Crippen molar-refractivity contribution in [1.82, 2.24) is 9.80 Å². The summed E-state index contributed by atoms with van der Waals surface area (Å²) in [7, 11) is -3.81. The topological polar surface area (TPSA) is 101 Å². The molecule has 1 fully saturated rings. The highest BCUT2D eigenvalue weighted by atomic mass is 32.2. The van der Waals surface area contributed by atoms with Gasteiger partial charge >= 0.3 is 0 Å². The Morgan fingerprint density at radius 3 is 2.25 bits per heavy atom. The number of piperidine rings is 1. The van der Waals surface area contributed by atoms with Crippen molar-refractivity contribution in [1.29, 1.82) is 0 Å². The van der Waals surface area contributed by atoms with E-state index in [1.165, 1.54) is 17.0 Å². The lowest BCUT2D eigenvalue weighted by atomic mass is 9.97. The molecular formula is C24H27N3O4S. The lowest BCUT2D eigenvalue weighted by Gasteiger charge is -2.33. The molecule has 2 aromatic rings. The van der Waals surface area contributed by atoms with Crippen molar-refractivity contribution >= 4 is 27.4 Å². The summed E-state index contributed by atoms with van der Waals surface area (Å²) in [4.78, 5) is 30.2. The Kier molecular flexibility index (Phi) is 5.92. The van der Waals surface area contributed by atoms with E-state index in [1.54, 1.807) is 12.1 Å². The summed E-state index contributed by atoms with van der Waals surface area (Å²) >= 11 is 0. The Morgan fingerprint density at radius 1 is 1.00 bits per heavy atom. The molecule has 168 valence electrons. The Balaban J connectivity index is 1.69. The van der Waals surface area contributed by atoms with Crippen LogP contribution in [-0.2, 0) is 26.2 Å². The number of likely N-dealkylation sites (tertiary alicyclic amines) is 1. The maximum atomic E-state index is 13.5. The monoisotopic (exact) mass is 453 g/mol. The first-order chi connectivity index (χ1) is 15.1. The number of carbonyl (C=O) groups is 2. The fourth-order valence-corrected chi connectivity index (χ4v) is 4.86. The van der Waals surface area contributed by atoms with Crippen LogP contribution in [0.2, 0.25) is 0 Å². The zero-order valence-corrected chi connectivity index (χ0v) is 19.1. The standard InChI is InChI=1S/C24H27N3O4S/c1-16-5-9-19(10-6-16)21-22(26-13-3-4-17(2)14-26)24(29)27(23(21)28)15-18-7-11-20(12-8-18)32(25,30)31/h5-12,17H,3-4,13-15H2,1-2H3,(H2,25,30,31). The van der Waals surface area contributed by atoms with Crippen molar-refractivity contribution < 1.29 is 18.0 Å². The number of hydrogen-bond acceptors (Lipinski definition) is 5. The molecule has 0 aliphatic carbocycles. The van der Waals surface area contributed by atoms with Gasteiger partial charge in [-0.3, -0.25) is 14.5 Å². The Morgan fingerprint density at radius 2 is 1.66 bits per heavy atom. The van der Waals surface area contributed by atoms with Crippen LogP contribution < -0.4 is 5.14 Å². The van der Waals surface area contributed by atoms with Gasteiger partial charge in [-0.1, -0.05) is 48.9 Å². The van der Waals surface area contributed by atoms with Crippen LogP contribution in [0.4, 0.5) is 0 Å². The van der Waals surface area contributed by atoms with Crippen LogP contribution in [0.25, 0.3) is 5.57 Å². The van der Waals surface area contributed by atoms with Crippen molar-refractivity contribution in [2.75, 3.05) is 13.1 Å². The summed E-state index contributed by atoms with van der Waals surface area (Å²) < 4.78 is 23.0. The lowest BCUT2D eigenvalue weighted by Crippen LogP contribution is -2.39. The molecule has 2 heterocycles. The molecule has 4 rings (SSSR count). The van der Waals surface area contributed by atoms with E-state index in [2.05, 4.69) is 6.92 Å². The van der Waals surface area contributed by atoms with Gasteiger partial charge < -0.3 is 4.90 Å². The molecule has 0 saturated carbocycles. The van der Waals surface area contributed by atoms with Gasteiger partial charge in [-0.25, -0.2) is 13.6 Å². The molecule has 2 aliphatic heterocycles. The number of primary sulfonamides is 1. The second-order valence-electron chi connectivity index (χ2n) is 8.67. The predicted molar refractivity (Wildman–Crippen MR) is 121 cm³/mol. The average molecular weight is 454 g/mol. The minimum absolute atomic E-state index is 0.0122. The van der Waals surface area contributed by atoms with Gasteiger partial charge in [-0.05, 0) is 48.9 Å². The Bertz CT molecular complexity index is 1180. The van der Waals surface area contributed by atoms with Crippen LogP contribution in [0.15, 0.2) is 59.1 Å². The second-order valence-corrected chi connectivity index (χ2v) is 10.2. The summed E-state index contributed by atoms with van der Waals surface area (Å²) in [5.74, 6) is -0.198. The fraction of sp³-hybridized carbons (Fsp3) is 0.333. The summed E-state index contributed by atoms with van der Waals surface area (Å²) in [6, 6.07) is 13.6. The lowest BCUT2D eigenvalue weighted by molar-refractivity contribution is -0.138. The highest BCUT2D eigenvalue weighted by Crippen LogP contribution is 2.34. The fourth-order valence-electron chi connectivity index (χ4n) is 4.34. The van der Waals surface area contributed by atoms with Crippen LogP contribution in [-0.4, -0.2) is 43.1 Å². The van der Waals surface area contributed by atoms with Gasteiger partial charge in [-0.15, -0.1) is 0 Å². The van der Waals surface area contributed by atoms with Gasteiger partial charge in [-0.2, -0.15) is 0 Å². The molecule has 0 aromatic heterocycles. The van der Waals surface area contributed by atoms with E-state index in [1.807, 2.05) is 36.1 Å². The number of hydrogen-bond donors (Lipinski definition) is 1. The van der Waals surface area contributed by atoms with Gasteiger partial charge in [0.05, 0.1) is 17.0 Å². The largest absolute Gasteiger partial charge is 0.366 e. The summed E-state index contributed by atoms with van der Waals surface area (Å²) in [5.41, 5.74) is 3.35. The van der Waals surface area contributed by atoms with Crippen molar-refractivity contribution in [2.24, 2.45) is 11.1 Å². The third kappa shape index (κ3) is 4.33. The van der Waals surface area contributed by atoms with E-state index in [0.717, 1.165) is 37.1 Å². The van der Waals surface area contributed by atoms with Crippen LogP contribution in [0.5, 0.6) is 0 Å². The van der Waals surface area contributed by atoms with Crippen LogP contribution >= 0.6 is 0 Å². The molecular weight excluding hydrogens is 426 g/mol. The number of benzene rings is 2. The van der Waals surface area contributed by atoms with Crippen LogP contribution in [0.1, 0.15) is 36.5 Å². The highest BCUT2D eigenvalue weighted by molar-refractivity contribution is 7.89. The first kappa shape index (κ1) is 22.2. The van der Waals surface area contributed by atoms with Gasteiger partial charge in [0, 0.05) is 13.1 Å². The normalized spacial score (nSPS) is 19.8. The first-order valence-electron chi connectivity index (χ1n) is 10.7. The Hall–Kier alpha value is -2.97. The quantitative estimate of drug-likeness (QED) is 0.702. The number of aryl methyl sites for hydroxylation is 1. The predicted octanol–water partition coefficient (Wildman–Crippen LogP) is 2.65. The summed E-state index contributed by atoms with van der Waals surface area (Å²) in [6.45, 7) is 5.67. The average Bonchev–Trinajstić information content (AvgIpc) is 2.99. The van der Waals surface area contributed by atoms with E-state index < -0.39 is 10.0 Å². The van der Waals surface area contributed by atoms with Gasteiger partial charge in [0.1, 0.15) is 5.70 Å². The van der Waals surface area contributed by atoms with Gasteiger partial charge in [0.2, 0.25) is 10.0 Å². The Labute approximate surface area is 188 Å². The second kappa shape index (κ2) is 8.52. The van der Waals surface area contributed by atoms with Gasteiger partial charge in [0.15, 0.2) is 0 Å². The smallest absolute Gasteiger partial charge is 0.278 e. The third-order valence-corrected chi connectivity index (χ3v) is 6.98. The highest BCUT2D eigenvalue weighted by Gasteiger charge is 2.42. The third-order valence-electron chi connectivity index (χ3n) is 6.05. The molecule has 2 aromatic carbocycles. The molecule has 7 nitrogen and oxygen atoms in total. The molecule has 2 aliphatic rings. The number of nitrogens with zero attached hydrogens (tertiary/aromatic N) is 2. The summed E-state index contributed by atoms with van der Waals surface area (Å²) in [6.07, 6.45) is 2.08. The molecule has 8 heteroatoms. The minimum atomic E-state index is -3.81. The molecule has 2 N–H and O–H groups in total. The molecule has 2 amide bonds. The van der Waals surface area contributed by atoms with Crippen molar-refractivity contribution in [3.8, 4) is 0 Å².